The standard InChI is InChI=1S/C18H26N6O3/c1-13(23(17(25)26)18(2,3)4)16-20-12-21-24(16)15-6-5-14(11-19-15)22-7-9-27-10-8-22/h5-6,11-13H,7-10H2,1-4H3,(H,25,26). The average molecular weight is 374 g/mol. The van der Waals surface area contributed by atoms with Crippen LogP contribution in [-0.4, -0.2) is 67.7 Å². The Hall–Kier alpha value is -2.68. The minimum absolute atomic E-state index is 0.481. The van der Waals surface area contributed by atoms with Crippen LogP contribution >= 0.6 is 0 Å². The van der Waals surface area contributed by atoms with Crippen LogP contribution < -0.4 is 4.90 Å². The van der Waals surface area contributed by atoms with Crippen molar-refractivity contribution in [3.05, 3.63) is 30.5 Å². The largest absolute Gasteiger partial charge is 0.465 e. The molecule has 1 saturated heterocycles. The fraction of sp³-hybridized carbons (Fsp3) is 0.556. The lowest BCUT2D eigenvalue weighted by atomic mass is 10.0. The Morgan fingerprint density at radius 1 is 1.26 bits per heavy atom. The van der Waals surface area contributed by atoms with E-state index < -0.39 is 17.7 Å². The summed E-state index contributed by atoms with van der Waals surface area (Å²) >= 11 is 0. The number of carboxylic acid groups (broad SMARTS) is 1. The molecule has 0 spiro atoms. The maximum Gasteiger partial charge on any atom is 0.408 e. The zero-order valence-corrected chi connectivity index (χ0v) is 16.2. The average Bonchev–Trinajstić information content (AvgIpc) is 3.11. The Labute approximate surface area is 158 Å². The number of hydrogen-bond donors (Lipinski definition) is 1. The van der Waals surface area contributed by atoms with Crippen molar-refractivity contribution in [2.45, 2.75) is 39.3 Å². The molecule has 9 heteroatoms. The number of rotatable bonds is 4. The molecule has 27 heavy (non-hydrogen) atoms. The van der Waals surface area contributed by atoms with Gasteiger partial charge in [-0.15, -0.1) is 0 Å². The van der Waals surface area contributed by atoms with Gasteiger partial charge in [-0.1, -0.05) is 0 Å². The topological polar surface area (TPSA) is 96.6 Å². The van der Waals surface area contributed by atoms with Crippen LogP contribution in [0.2, 0.25) is 0 Å². The summed E-state index contributed by atoms with van der Waals surface area (Å²) in [5.41, 5.74) is 0.453. The number of ether oxygens (including phenoxy) is 1. The molecule has 0 aromatic carbocycles. The maximum absolute atomic E-state index is 11.8. The van der Waals surface area contributed by atoms with Gasteiger partial charge in [0.25, 0.3) is 0 Å². The van der Waals surface area contributed by atoms with Crippen molar-refractivity contribution in [2.75, 3.05) is 31.2 Å². The number of amides is 1. The molecule has 0 aliphatic carbocycles. The van der Waals surface area contributed by atoms with Crippen molar-refractivity contribution >= 4 is 11.8 Å². The van der Waals surface area contributed by atoms with Crippen molar-refractivity contribution in [3.8, 4) is 5.82 Å². The highest BCUT2D eigenvalue weighted by atomic mass is 16.5. The quantitative estimate of drug-likeness (QED) is 0.877. The highest BCUT2D eigenvalue weighted by molar-refractivity contribution is 5.66. The molecule has 0 saturated carbocycles. The minimum atomic E-state index is -1.000. The van der Waals surface area contributed by atoms with E-state index in [1.54, 1.807) is 10.9 Å². The van der Waals surface area contributed by atoms with Crippen LogP contribution in [0.5, 0.6) is 0 Å². The third-order valence-electron chi connectivity index (χ3n) is 4.59. The first-order valence-corrected chi connectivity index (χ1v) is 9.00. The summed E-state index contributed by atoms with van der Waals surface area (Å²) in [5.74, 6) is 1.13. The van der Waals surface area contributed by atoms with Crippen molar-refractivity contribution in [1.82, 2.24) is 24.6 Å². The number of nitrogens with zero attached hydrogens (tertiary/aromatic N) is 6. The molecule has 0 radical (unpaired) electrons. The first-order valence-electron chi connectivity index (χ1n) is 9.00. The van der Waals surface area contributed by atoms with E-state index in [-0.39, 0.29) is 0 Å². The third kappa shape index (κ3) is 4.02. The molecule has 3 rings (SSSR count). The molecule has 1 aliphatic heterocycles. The number of anilines is 1. The van der Waals surface area contributed by atoms with Gasteiger partial charge in [-0.25, -0.2) is 14.8 Å². The number of hydrogen-bond acceptors (Lipinski definition) is 6. The van der Waals surface area contributed by atoms with Crippen LogP contribution in [-0.2, 0) is 4.74 Å². The Morgan fingerprint density at radius 2 is 1.96 bits per heavy atom. The predicted molar refractivity (Wildman–Crippen MR) is 100 cm³/mol. The Morgan fingerprint density at radius 3 is 2.52 bits per heavy atom. The highest BCUT2D eigenvalue weighted by Crippen LogP contribution is 2.28. The van der Waals surface area contributed by atoms with Gasteiger partial charge >= 0.3 is 6.09 Å². The Kier molecular flexibility index (Phi) is 5.31. The smallest absolute Gasteiger partial charge is 0.408 e. The van der Waals surface area contributed by atoms with Crippen LogP contribution in [0, 0.1) is 0 Å². The van der Waals surface area contributed by atoms with Gasteiger partial charge in [0.15, 0.2) is 11.6 Å². The van der Waals surface area contributed by atoms with Crippen LogP contribution in [0.1, 0.15) is 39.6 Å². The molecule has 9 nitrogen and oxygen atoms in total. The summed E-state index contributed by atoms with van der Waals surface area (Å²) in [6.45, 7) is 10.5. The van der Waals surface area contributed by atoms with Crippen molar-refractivity contribution in [1.29, 1.82) is 0 Å². The van der Waals surface area contributed by atoms with E-state index >= 15 is 0 Å². The van der Waals surface area contributed by atoms with E-state index in [1.165, 1.54) is 11.2 Å². The lowest BCUT2D eigenvalue weighted by molar-refractivity contribution is 0.0720. The number of morpholine rings is 1. The SMILES string of the molecule is CC(c1ncnn1-c1ccc(N2CCOCC2)cn1)N(C(=O)O)C(C)(C)C. The van der Waals surface area contributed by atoms with Crippen LogP contribution in [0.4, 0.5) is 10.5 Å². The lowest BCUT2D eigenvalue weighted by Crippen LogP contribution is -2.47. The van der Waals surface area contributed by atoms with Crippen LogP contribution in [0.25, 0.3) is 5.82 Å². The summed E-state index contributed by atoms with van der Waals surface area (Å²) in [7, 11) is 0. The van der Waals surface area contributed by atoms with Gasteiger partial charge < -0.3 is 14.7 Å². The van der Waals surface area contributed by atoms with Crippen LogP contribution in [0.15, 0.2) is 24.7 Å². The number of aromatic nitrogens is 4. The van der Waals surface area contributed by atoms with Gasteiger partial charge in [0.1, 0.15) is 6.33 Å². The van der Waals surface area contributed by atoms with E-state index in [0.29, 0.717) is 24.9 Å². The van der Waals surface area contributed by atoms with Gasteiger partial charge in [0, 0.05) is 18.6 Å². The Balaban J connectivity index is 1.87. The van der Waals surface area contributed by atoms with Gasteiger partial charge in [0.05, 0.1) is 31.1 Å². The monoisotopic (exact) mass is 374 g/mol. The van der Waals surface area contributed by atoms with Gasteiger partial charge in [-0.2, -0.15) is 9.78 Å². The molecule has 1 amide bonds. The maximum atomic E-state index is 11.8. The summed E-state index contributed by atoms with van der Waals surface area (Å²) in [6.07, 6.45) is 2.22. The molecule has 0 bridgehead atoms. The van der Waals surface area contributed by atoms with E-state index in [9.17, 15) is 9.90 Å². The molecule has 2 aromatic rings. The second kappa shape index (κ2) is 7.51. The summed E-state index contributed by atoms with van der Waals surface area (Å²) in [4.78, 5) is 24.2. The first kappa shape index (κ1) is 19.1. The van der Waals surface area contributed by atoms with Gasteiger partial charge in [-0.05, 0) is 39.8 Å². The van der Waals surface area contributed by atoms with E-state index in [2.05, 4.69) is 20.0 Å². The van der Waals surface area contributed by atoms with E-state index in [0.717, 1.165) is 18.8 Å². The molecule has 3 heterocycles. The third-order valence-corrected chi connectivity index (χ3v) is 4.59. The predicted octanol–water partition coefficient (Wildman–Crippen LogP) is 2.34. The van der Waals surface area contributed by atoms with Crippen molar-refractivity contribution in [3.63, 3.8) is 0 Å². The number of carbonyl (C=O) groups is 1. The lowest BCUT2D eigenvalue weighted by Gasteiger charge is -2.37. The fourth-order valence-electron chi connectivity index (χ4n) is 3.37. The van der Waals surface area contributed by atoms with E-state index in [1.807, 2.05) is 39.8 Å². The summed E-state index contributed by atoms with van der Waals surface area (Å²) in [5, 5.41) is 13.9. The second-order valence-corrected chi connectivity index (χ2v) is 7.50. The van der Waals surface area contributed by atoms with Crippen molar-refractivity contribution in [2.24, 2.45) is 0 Å². The van der Waals surface area contributed by atoms with E-state index in [4.69, 9.17) is 4.74 Å². The van der Waals surface area contributed by atoms with Gasteiger partial charge in [-0.3, -0.25) is 4.90 Å². The molecule has 2 aromatic heterocycles. The highest BCUT2D eigenvalue weighted by Gasteiger charge is 2.34. The summed E-state index contributed by atoms with van der Waals surface area (Å²) < 4.78 is 6.97. The first-order chi connectivity index (χ1) is 12.8. The molecule has 1 unspecified atom stereocenters. The fourth-order valence-corrected chi connectivity index (χ4v) is 3.37. The molecule has 1 aliphatic rings. The number of pyridine rings is 1. The van der Waals surface area contributed by atoms with Crippen molar-refractivity contribution < 1.29 is 14.6 Å². The molecule has 1 atom stereocenters. The molecule has 1 fully saturated rings. The van der Waals surface area contributed by atoms with Gasteiger partial charge in [0.2, 0.25) is 0 Å². The second-order valence-electron chi connectivity index (χ2n) is 7.50. The minimum Gasteiger partial charge on any atom is -0.465 e. The Bertz CT molecular complexity index is 777. The molecular formula is C18H26N6O3. The normalized spacial score (nSPS) is 16.2. The molecule has 146 valence electrons. The molecular weight excluding hydrogens is 348 g/mol. The zero-order chi connectivity index (χ0) is 19.6. The molecule has 1 N–H and O–H groups in total. The summed E-state index contributed by atoms with van der Waals surface area (Å²) in [6, 6.07) is 3.38. The zero-order valence-electron chi connectivity index (χ0n) is 16.2. The van der Waals surface area contributed by atoms with Crippen LogP contribution in [0.3, 0.4) is 0 Å².